The van der Waals surface area contributed by atoms with E-state index < -0.39 is 24.6 Å². The van der Waals surface area contributed by atoms with E-state index in [1.807, 2.05) is 24.5 Å². The molecule has 5 nitrogen and oxygen atoms in total. The van der Waals surface area contributed by atoms with E-state index in [9.17, 15) is 23.8 Å². The molecule has 1 heterocycles. The molecule has 2 atom stereocenters. The zero-order chi connectivity index (χ0) is 24.1. The third kappa shape index (κ3) is 6.15. The number of nitrogens with zero attached hydrogens (tertiary/aromatic N) is 1. The van der Waals surface area contributed by atoms with E-state index in [1.165, 1.54) is 30.3 Å². The first-order chi connectivity index (χ1) is 15.7. The summed E-state index contributed by atoms with van der Waals surface area (Å²) < 4.78 is 29.0. The van der Waals surface area contributed by atoms with Crippen LogP contribution in [0.4, 0.5) is 8.78 Å². The van der Waals surface area contributed by atoms with Crippen LogP contribution in [-0.2, 0) is 4.79 Å². The van der Waals surface area contributed by atoms with Gasteiger partial charge in [0.2, 0.25) is 0 Å². The van der Waals surface area contributed by atoms with Crippen molar-refractivity contribution in [2.45, 2.75) is 44.8 Å². The van der Waals surface area contributed by atoms with Gasteiger partial charge in [0.15, 0.2) is 0 Å². The topological polar surface area (TPSA) is 82.7 Å². The summed E-state index contributed by atoms with van der Waals surface area (Å²) in [4.78, 5) is 10.8. The van der Waals surface area contributed by atoms with E-state index in [2.05, 4.69) is 0 Å². The summed E-state index contributed by atoms with van der Waals surface area (Å²) >= 11 is 0. The summed E-state index contributed by atoms with van der Waals surface area (Å²) in [5.74, 6) is -1.79. The summed E-state index contributed by atoms with van der Waals surface area (Å²) in [6.45, 7) is 4.02. The van der Waals surface area contributed by atoms with Crippen LogP contribution < -0.4 is 0 Å². The fourth-order valence-corrected chi connectivity index (χ4v) is 3.73. The molecule has 0 aliphatic heterocycles. The molecular formula is C26H27F2NO4. The molecule has 0 amide bonds. The van der Waals surface area contributed by atoms with Gasteiger partial charge >= 0.3 is 5.97 Å². The minimum absolute atomic E-state index is 0.0813. The van der Waals surface area contributed by atoms with Crippen molar-refractivity contribution in [3.8, 4) is 22.4 Å². The molecule has 3 aromatic rings. The smallest absolute Gasteiger partial charge is 0.305 e. The summed E-state index contributed by atoms with van der Waals surface area (Å²) in [5.41, 5.74) is 3.97. The second kappa shape index (κ2) is 10.6. The van der Waals surface area contributed by atoms with Crippen LogP contribution in [0, 0.1) is 11.6 Å². The average molecular weight is 456 g/mol. The van der Waals surface area contributed by atoms with Gasteiger partial charge in [-0.15, -0.1) is 0 Å². The highest BCUT2D eigenvalue weighted by Gasteiger charge is 2.20. The summed E-state index contributed by atoms with van der Waals surface area (Å²) in [7, 11) is 0. The van der Waals surface area contributed by atoms with E-state index in [1.54, 1.807) is 30.5 Å². The van der Waals surface area contributed by atoms with Crippen molar-refractivity contribution in [3.05, 3.63) is 78.0 Å². The number of carboxylic acids is 1. The second-order valence-electron chi connectivity index (χ2n) is 8.27. The van der Waals surface area contributed by atoms with Crippen LogP contribution in [0.3, 0.4) is 0 Å². The average Bonchev–Trinajstić information content (AvgIpc) is 3.12. The van der Waals surface area contributed by atoms with Gasteiger partial charge < -0.3 is 19.9 Å². The Morgan fingerprint density at radius 1 is 0.970 bits per heavy atom. The van der Waals surface area contributed by atoms with Gasteiger partial charge in [0, 0.05) is 23.9 Å². The summed E-state index contributed by atoms with van der Waals surface area (Å²) in [5, 5.41) is 28.9. The molecule has 0 spiro atoms. The number of hydrogen-bond acceptors (Lipinski definition) is 3. The molecule has 174 valence electrons. The first-order valence-electron chi connectivity index (χ1n) is 10.7. The number of aliphatic hydroxyl groups is 2. The first-order valence-corrected chi connectivity index (χ1v) is 10.7. The SMILES string of the molecule is CC(C)c1cc(-c2ccc(F)cc2)c(-c2ccc(F)cc2)n1/C=C/[C@@H](O)C[C@@H](O)CC(=O)O. The largest absolute Gasteiger partial charge is 0.481 e. The molecule has 7 heteroatoms. The molecule has 0 unspecified atom stereocenters. The third-order valence-electron chi connectivity index (χ3n) is 5.31. The molecule has 0 radical (unpaired) electrons. The molecule has 0 saturated heterocycles. The monoisotopic (exact) mass is 455 g/mol. The molecule has 0 aliphatic carbocycles. The van der Waals surface area contributed by atoms with Gasteiger partial charge in [-0.25, -0.2) is 8.78 Å². The Morgan fingerprint density at radius 3 is 2.03 bits per heavy atom. The van der Waals surface area contributed by atoms with Crippen molar-refractivity contribution in [2.24, 2.45) is 0 Å². The minimum Gasteiger partial charge on any atom is -0.481 e. The second-order valence-corrected chi connectivity index (χ2v) is 8.27. The quantitative estimate of drug-likeness (QED) is 0.410. The standard InChI is InChI=1S/C26H27F2NO4/c1-16(2)24-15-23(17-3-7-19(27)8-4-17)26(18-5-9-20(28)10-6-18)29(24)12-11-21(30)13-22(31)14-25(32)33/h3-12,15-16,21-22,30-31H,13-14H2,1-2H3,(H,32,33)/b12-11+/t21-,22-/m1/s1. The van der Waals surface area contributed by atoms with E-state index >= 15 is 0 Å². The van der Waals surface area contributed by atoms with Gasteiger partial charge in [0.05, 0.1) is 24.3 Å². The first kappa shape index (κ1) is 24.4. The lowest BCUT2D eigenvalue weighted by atomic mass is 10.0. The van der Waals surface area contributed by atoms with Gasteiger partial charge in [0.1, 0.15) is 11.6 Å². The van der Waals surface area contributed by atoms with E-state index in [0.717, 1.165) is 28.1 Å². The van der Waals surface area contributed by atoms with Crippen LogP contribution in [0.5, 0.6) is 0 Å². The Bertz CT molecular complexity index is 1120. The van der Waals surface area contributed by atoms with Crippen LogP contribution >= 0.6 is 0 Å². The molecule has 2 aromatic carbocycles. The van der Waals surface area contributed by atoms with Crippen molar-refractivity contribution >= 4 is 12.2 Å². The van der Waals surface area contributed by atoms with Crippen molar-refractivity contribution in [1.29, 1.82) is 0 Å². The van der Waals surface area contributed by atoms with Crippen molar-refractivity contribution in [3.63, 3.8) is 0 Å². The minimum atomic E-state index is -1.18. The fraction of sp³-hybridized carbons (Fsp3) is 0.269. The Labute approximate surface area is 191 Å². The van der Waals surface area contributed by atoms with Crippen LogP contribution in [0.1, 0.15) is 38.3 Å². The zero-order valence-corrected chi connectivity index (χ0v) is 18.5. The number of carbonyl (C=O) groups is 1. The van der Waals surface area contributed by atoms with Crippen LogP contribution in [0.25, 0.3) is 28.6 Å². The molecule has 0 aliphatic rings. The number of hydrogen-bond donors (Lipinski definition) is 3. The molecule has 0 fully saturated rings. The number of rotatable bonds is 9. The van der Waals surface area contributed by atoms with Crippen LogP contribution in [0.2, 0.25) is 0 Å². The molecule has 0 saturated carbocycles. The predicted molar refractivity (Wildman–Crippen MR) is 124 cm³/mol. The lowest BCUT2D eigenvalue weighted by Crippen LogP contribution is -2.19. The van der Waals surface area contributed by atoms with Gasteiger partial charge in [-0.1, -0.05) is 26.0 Å². The summed E-state index contributed by atoms with van der Waals surface area (Å²) in [6.07, 6.45) is 0.316. The number of halogens is 2. The fourth-order valence-electron chi connectivity index (χ4n) is 3.73. The maximum Gasteiger partial charge on any atom is 0.305 e. The highest BCUT2D eigenvalue weighted by Crippen LogP contribution is 2.38. The maximum atomic E-state index is 13.6. The Morgan fingerprint density at radius 2 is 1.52 bits per heavy atom. The highest BCUT2D eigenvalue weighted by molar-refractivity contribution is 5.84. The third-order valence-corrected chi connectivity index (χ3v) is 5.31. The van der Waals surface area contributed by atoms with Gasteiger partial charge in [-0.3, -0.25) is 4.79 Å². The van der Waals surface area contributed by atoms with Crippen molar-refractivity contribution < 1.29 is 28.9 Å². The Hall–Kier alpha value is -3.29. The van der Waals surface area contributed by atoms with Crippen LogP contribution in [0.15, 0.2) is 60.7 Å². The Kier molecular flexibility index (Phi) is 7.79. The molecule has 1 aromatic heterocycles. The number of benzene rings is 2. The normalized spacial score (nSPS) is 13.5. The lowest BCUT2D eigenvalue weighted by molar-refractivity contribution is -0.139. The molecule has 0 bridgehead atoms. The van der Waals surface area contributed by atoms with Gasteiger partial charge in [0.25, 0.3) is 0 Å². The Balaban J connectivity index is 2.10. The van der Waals surface area contributed by atoms with Gasteiger partial charge in [-0.2, -0.15) is 0 Å². The van der Waals surface area contributed by atoms with E-state index in [4.69, 9.17) is 5.11 Å². The number of aliphatic hydroxyl groups excluding tert-OH is 2. The van der Waals surface area contributed by atoms with Crippen molar-refractivity contribution in [2.75, 3.05) is 0 Å². The van der Waals surface area contributed by atoms with Gasteiger partial charge in [-0.05, 0) is 65.6 Å². The predicted octanol–water partition coefficient (Wildman–Crippen LogP) is 5.28. The van der Waals surface area contributed by atoms with E-state index in [-0.39, 0.29) is 24.0 Å². The van der Waals surface area contributed by atoms with Crippen LogP contribution in [-0.4, -0.2) is 38.1 Å². The lowest BCUT2D eigenvalue weighted by Gasteiger charge is -2.15. The molecule has 3 rings (SSSR count). The molecule has 33 heavy (non-hydrogen) atoms. The van der Waals surface area contributed by atoms with Crippen molar-refractivity contribution in [1.82, 2.24) is 4.57 Å². The highest BCUT2D eigenvalue weighted by atomic mass is 19.1. The number of aliphatic carboxylic acids is 1. The molecule has 3 N–H and O–H groups in total. The zero-order valence-electron chi connectivity index (χ0n) is 18.5. The molecular weight excluding hydrogens is 428 g/mol. The number of carboxylic acid groups (broad SMARTS) is 1. The van der Waals surface area contributed by atoms with E-state index in [0.29, 0.717) is 0 Å². The maximum absolute atomic E-state index is 13.6. The number of aromatic nitrogens is 1. The summed E-state index contributed by atoms with van der Waals surface area (Å²) in [6, 6.07) is 14.1.